The van der Waals surface area contributed by atoms with E-state index in [1.807, 2.05) is 13.0 Å². The minimum Gasteiger partial charge on any atom is -0.335 e. The van der Waals surface area contributed by atoms with Gasteiger partial charge in [0.2, 0.25) is 5.91 Å². The number of carbonyl (C=O) groups excluding carboxylic acids is 1. The first-order chi connectivity index (χ1) is 9.76. The summed E-state index contributed by atoms with van der Waals surface area (Å²) in [6.07, 6.45) is 1.88. The van der Waals surface area contributed by atoms with Crippen molar-refractivity contribution in [2.75, 3.05) is 18.6 Å². The lowest BCUT2D eigenvalue weighted by molar-refractivity contribution is -0.131. The number of nitrogens with zero attached hydrogens (tertiary/aromatic N) is 1. The summed E-state index contributed by atoms with van der Waals surface area (Å²) in [5.41, 5.74) is 0.770. The molecule has 0 saturated carbocycles. The van der Waals surface area contributed by atoms with E-state index in [9.17, 15) is 17.6 Å². The fraction of sp³-hybridized carbons (Fsp3) is 0.533. The Morgan fingerprint density at radius 3 is 2.76 bits per heavy atom. The van der Waals surface area contributed by atoms with E-state index in [1.54, 1.807) is 11.0 Å². The summed E-state index contributed by atoms with van der Waals surface area (Å²) in [6, 6.07) is 6.09. The Morgan fingerprint density at radius 2 is 2.14 bits per heavy atom. The van der Waals surface area contributed by atoms with E-state index in [2.05, 4.69) is 0 Å². The number of hydrogen-bond donors (Lipinski definition) is 0. The van der Waals surface area contributed by atoms with Crippen molar-refractivity contribution in [1.29, 1.82) is 0 Å². The second kappa shape index (κ2) is 6.13. The minimum absolute atomic E-state index is 0.0165. The van der Waals surface area contributed by atoms with Gasteiger partial charge in [0.05, 0.1) is 11.8 Å². The SMILES string of the molecule is CC1CC(c2cccc(F)c2)N(C(=O)CCS(C)(=O)=O)C1. The molecule has 1 saturated heterocycles. The second-order valence-corrected chi connectivity index (χ2v) is 8.10. The minimum atomic E-state index is -3.16. The first-order valence-electron chi connectivity index (χ1n) is 6.99. The summed E-state index contributed by atoms with van der Waals surface area (Å²) in [5, 5.41) is 0. The monoisotopic (exact) mass is 313 g/mol. The highest BCUT2D eigenvalue weighted by atomic mass is 32.2. The van der Waals surface area contributed by atoms with Crippen LogP contribution in [0.3, 0.4) is 0 Å². The van der Waals surface area contributed by atoms with Crippen LogP contribution in [0.4, 0.5) is 4.39 Å². The van der Waals surface area contributed by atoms with E-state index in [0.717, 1.165) is 18.2 Å². The molecule has 1 aromatic rings. The van der Waals surface area contributed by atoms with Gasteiger partial charge < -0.3 is 4.90 Å². The van der Waals surface area contributed by atoms with E-state index in [-0.39, 0.29) is 29.9 Å². The summed E-state index contributed by atoms with van der Waals surface area (Å²) in [6.45, 7) is 2.62. The quantitative estimate of drug-likeness (QED) is 0.856. The fourth-order valence-electron chi connectivity index (χ4n) is 2.77. The van der Waals surface area contributed by atoms with Gasteiger partial charge in [0.15, 0.2) is 0 Å². The molecule has 1 amide bonds. The van der Waals surface area contributed by atoms with E-state index in [1.165, 1.54) is 12.1 Å². The van der Waals surface area contributed by atoms with Gasteiger partial charge in [-0.25, -0.2) is 12.8 Å². The Labute approximate surface area is 124 Å². The van der Waals surface area contributed by atoms with Gasteiger partial charge in [-0.2, -0.15) is 0 Å². The van der Waals surface area contributed by atoms with Crippen molar-refractivity contribution in [3.63, 3.8) is 0 Å². The molecule has 1 aliphatic heterocycles. The van der Waals surface area contributed by atoms with Crippen LogP contribution in [-0.4, -0.2) is 37.8 Å². The number of hydrogen-bond acceptors (Lipinski definition) is 3. The van der Waals surface area contributed by atoms with Gasteiger partial charge in [-0.1, -0.05) is 19.1 Å². The largest absolute Gasteiger partial charge is 0.335 e. The maximum atomic E-state index is 13.4. The normalized spacial score (nSPS) is 22.5. The second-order valence-electron chi connectivity index (χ2n) is 5.84. The summed E-state index contributed by atoms with van der Waals surface area (Å²) >= 11 is 0. The van der Waals surface area contributed by atoms with Crippen LogP contribution in [0.2, 0.25) is 0 Å². The average molecular weight is 313 g/mol. The topological polar surface area (TPSA) is 54.5 Å². The van der Waals surface area contributed by atoms with Gasteiger partial charge in [-0.15, -0.1) is 0 Å². The molecule has 0 radical (unpaired) electrons. The van der Waals surface area contributed by atoms with Gasteiger partial charge in [-0.05, 0) is 30.0 Å². The molecule has 0 spiro atoms. The molecule has 1 aliphatic rings. The number of carbonyl (C=O) groups is 1. The summed E-state index contributed by atoms with van der Waals surface area (Å²) in [5.74, 6) is -0.331. The van der Waals surface area contributed by atoms with Crippen LogP contribution in [0.15, 0.2) is 24.3 Å². The predicted molar refractivity (Wildman–Crippen MR) is 79.0 cm³/mol. The van der Waals surface area contributed by atoms with Crippen molar-refractivity contribution < 1.29 is 17.6 Å². The summed E-state index contributed by atoms with van der Waals surface area (Å²) in [7, 11) is -3.16. The molecule has 6 heteroatoms. The molecule has 0 aromatic heterocycles. The Morgan fingerprint density at radius 1 is 1.43 bits per heavy atom. The molecular formula is C15H20FNO3S. The molecule has 2 rings (SSSR count). The number of halogens is 1. The Bertz CT molecular complexity index is 630. The standard InChI is InChI=1S/C15H20FNO3S/c1-11-8-14(12-4-3-5-13(16)9-12)17(10-11)15(18)6-7-21(2,19)20/h3-5,9,11,14H,6-8,10H2,1-2H3. The zero-order chi connectivity index (χ0) is 15.6. The van der Waals surface area contributed by atoms with Crippen molar-refractivity contribution in [3.05, 3.63) is 35.6 Å². The van der Waals surface area contributed by atoms with Crippen LogP contribution in [-0.2, 0) is 14.6 Å². The number of benzene rings is 1. The Balaban J connectivity index is 2.15. The third kappa shape index (κ3) is 4.27. The highest BCUT2D eigenvalue weighted by Crippen LogP contribution is 2.35. The number of amides is 1. The first kappa shape index (κ1) is 15.9. The van der Waals surface area contributed by atoms with E-state index >= 15 is 0 Å². The first-order valence-corrected chi connectivity index (χ1v) is 9.05. The van der Waals surface area contributed by atoms with Crippen molar-refractivity contribution >= 4 is 15.7 Å². The molecule has 1 fully saturated rings. The van der Waals surface area contributed by atoms with Gasteiger partial charge in [-0.3, -0.25) is 4.79 Å². The van der Waals surface area contributed by atoms with Gasteiger partial charge >= 0.3 is 0 Å². The van der Waals surface area contributed by atoms with E-state index in [0.29, 0.717) is 12.5 Å². The summed E-state index contributed by atoms with van der Waals surface area (Å²) < 4.78 is 35.7. The third-order valence-corrected chi connectivity index (χ3v) is 4.70. The van der Waals surface area contributed by atoms with Crippen LogP contribution in [0, 0.1) is 11.7 Å². The lowest BCUT2D eigenvalue weighted by Gasteiger charge is -2.25. The zero-order valence-electron chi connectivity index (χ0n) is 12.3. The van der Waals surface area contributed by atoms with Gasteiger partial charge in [0.25, 0.3) is 0 Å². The Kier molecular flexibility index (Phi) is 4.66. The van der Waals surface area contributed by atoms with Crippen molar-refractivity contribution in [1.82, 2.24) is 4.90 Å². The number of likely N-dealkylation sites (tertiary alicyclic amines) is 1. The molecule has 0 aliphatic carbocycles. The van der Waals surface area contributed by atoms with Gasteiger partial charge in [0, 0.05) is 19.2 Å². The van der Waals surface area contributed by atoms with Crippen LogP contribution >= 0.6 is 0 Å². The highest BCUT2D eigenvalue weighted by molar-refractivity contribution is 7.90. The van der Waals surface area contributed by atoms with Crippen LogP contribution in [0.5, 0.6) is 0 Å². The van der Waals surface area contributed by atoms with Crippen molar-refractivity contribution in [3.8, 4) is 0 Å². The molecule has 4 nitrogen and oxygen atoms in total. The molecule has 0 bridgehead atoms. The van der Waals surface area contributed by atoms with Gasteiger partial charge in [0.1, 0.15) is 15.7 Å². The number of sulfone groups is 1. The molecular weight excluding hydrogens is 293 g/mol. The van der Waals surface area contributed by atoms with E-state index < -0.39 is 9.84 Å². The van der Waals surface area contributed by atoms with Crippen LogP contribution in [0.1, 0.15) is 31.4 Å². The highest BCUT2D eigenvalue weighted by Gasteiger charge is 2.34. The molecule has 2 unspecified atom stereocenters. The van der Waals surface area contributed by atoms with E-state index in [4.69, 9.17) is 0 Å². The smallest absolute Gasteiger partial charge is 0.224 e. The molecule has 1 aromatic carbocycles. The predicted octanol–water partition coefficient (Wildman–Crippen LogP) is 2.17. The maximum Gasteiger partial charge on any atom is 0.224 e. The molecule has 1 heterocycles. The molecule has 2 atom stereocenters. The molecule has 21 heavy (non-hydrogen) atoms. The molecule has 0 N–H and O–H groups in total. The molecule has 116 valence electrons. The third-order valence-electron chi connectivity index (χ3n) is 3.75. The number of rotatable bonds is 4. The Hall–Kier alpha value is -1.43. The fourth-order valence-corrected chi connectivity index (χ4v) is 3.31. The van der Waals surface area contributed by atoms with Crippen LogP contribution < -0.4 is 0 Å². The lowest BCUT2D eigenvalue weighted by Crippen LogP contribution is -2.32. The zero-order valence-corrected chi connectivity index (χ0v) is 13.1. The van der Waals surface area contributed by atoms with Crippen molar-refractivity contribution in [2.45, 2.75) is 25.8 Å². The van der Waals surface area contributed by atoms with Crippen molar-refractivity contribution in [2.24, 2.45) is 5.92 Å². The maximum absolute atomic E-state index is 13.4. The summed E-state index contributed by atoms with van der Waals surface area (Å²) in [4.78, 5) is 14.0. The lowest BCUT2D eigenvalue weighted by atomic mass is 10.0. The van der Waals surface area contributed by atoms with Crippen LogP contribution in [0.25, 0.3) is 0 Å². The average Bonchev–Trinajstić information content (AvgIpc) is 2.77.